The molecular formula is C20H24N2OS. The van der Waals surface area contributed by atoms with E-state index < -0.39 is 0 Å². The molecule has 0 saturated heterocycles. The monoisotopic (exact) mass is 340 g/mol. The van der Waals surface area contributed by atoms with Gasteiger partial charge in [0.05, 0.1) is 6.10 Å². The van der Waals surface area contributed by atoms with Crippen molar-refractivity contribution < 1.29 is 5.11 Å². The summed E-state index contributed by atoms with van der Waals surface area (Å²) >= 11 is 1.64. The minimum Gasteiger partial charge on any atom is -0.388 e. The highest BCUT2D eigenvalue weighted by atomic mass is 32.1. The molecular weight excluding hydrogens is 316 g/mol. The lowest BCUT2D eigenvalue weighted by molar-refractivity contribution is 0.163. The van der Waals surface area contributed by atoms with E-state index in [1.165, 1.54) is 16.3 Å². The normalized spacial score (nSPS) is 13.9. The molecule has 0 bridgehead atoms. The van der Waals surface area contributed by atoms with Crippen LogP contribution in [0.1, 0.15) is 43.4 Å². The highest BCUT2D eigenvalue weighted by molar-refractivity contribution is 7.07. The van der Waals surface area contributed by atoms with Gasteiger partial charge in [-0.2, -0.15) is 11.3 Å². The van der Waals surface area contributed by atoms with Gasteiger partial charge in [0.15, 0.2) is 0 Å². The number of aliphatic hydroxyl groups excluding tert-OH is 1. The Kier molecular flexibility index (Phi) is 5.96. The predicted molar refractivity (Wildman–Crippen MR) is 101 cm³/mol. The molecule has 0 saturated carbocycles. The summed E-state index contributed by atoms with van der Waals surface area (Å²) in [5.41, 5.74) is 2.34. The van der Waals surface area contributed by atoms with Gasteiger partial charge in [0, 0.05) is 30.4 Å². The molecule has 3 rings (SSSR count). The largest absolute Gasteiger partial charge is 0.388 e. The summed E-state index contributed by atoms with van der Waals surface area (Å²) < 4.78 is 0. The minimum atomic E-state index is -0.322. The number of pyridine rings is 1. The van der Waals surface area contributed by atoms with Crippen LogP contribution in [0.3, 0.4) is 0 Å². The van der Waals surface area contributed by atoms with E-state index in [4.69, 9.17) is 0 Å². The first-order chi connectivity index (χ1) is 11.7. The third kappa shape index (κ3) is 4.63. The molecule has 2 N–H and O–H groups in total. The van der Waals surface area contributed by atoms with Crippen molar-refractivity contribution in [2.75, 3.05) is 0 Å². The third-order valence-corrected chi connectivity index (χ3v) is 5.10. The number of benzene rings is 1. The van der Waals surface area contributed by atoms with Crippen molar-refractivity contribution in [1.82, 2.24) is 10.3 Å². The number of hydrogen-bond donors (Lipinski definition) is 2. The van der Waals surface area contributed by atoms with Gasteiger partial charge in [-0.3, -0.25) is 4.98 Å². The number of thiophene rings is 1. The van der Waals surface area contributed by atoms with Gasteiger partial charge in [0.1, 0.15) is 0 Å². The van der Waals surface area contributed by atoms with Gasteiger partial charge >= 0.3 is 0 Å². The lowest BCUT2D eigenvalue weighted by Gasteiger charge is -2.15. The fraction of sp³-hybridized carbons (Fsp3) is 0.350. The molecule has 0 unspecified atom stereocenters. The van der Waals surface area contributed by atoms with Crippen LogP contribution in [0, 0.1) is 0 Å². The molecule has 2 atom stereocenters. The highest BCUT2D eigenvalue weighted by Gasteiger charge is 2.09. The molecule has 2 aromatic heterocycles. The smallest absolute Gasteiger partial charge is 0.0798 e. The van der Waals surface area contributed by atoms with Crippen LogP contribution in [-0.4, -0.2) is 16.1 Å². The van der Waals surface area contributed by atoms with Gasteiger partial charge in [0.25, 0.3) is 0 Å². The van der Waals surface area contributed by atoms with Gasteiger partial charge in [0.2, 0.25) is 0 Å². The molecule has 2 heterocycles. The molecule has 0 spiro atoms. The van der Waals surface area contributed by atoms with E-state index in [0.29, 0.717) is 6.04 Å². The Labute approximate surface area is 147 Å². The molecule has 1 aromatic carbocycles. The Morgan fingerprint density at radius 2 is 2.08 bits per heavy atom. The van der Waals surface area contributed by atoms with Gasteiger partial charge in [-0.25, -0.2) is 0 Å². The lowest BCUT2D eigenvalue weighted by atomic mass is 10.0. The van der Waals surface area contributed by atoms with E-state index in [-0.39, 0.29) is 6.10 Å². The third-order valence-electron chi connectivity index (χ3n) is 4.40. The zero-order valence-corrected chi connectivity index (χ0v) is 14.8. The van der Waals surface area contributed by atoms with Crippen molar-refractivity contribution in [2.45, 2.75) is 44.9 Å². The van der Waals surface area contributed by atoms with Gasteiger partial charge < -0.3 is 10.4 Å². The molecule has 0 aliphatic carbocycles. The Hall–Kier alpha value is -1.75. The van der Waals surface area contributed by atoms with E-state index in [1.807, 2.05) is 35.3 Å². The van der Waals surface area contributed by atoms with Crippen LogP contribution in [0.15, 0.2) is 53.5 Å². The summed E-state index contributed by atoms with van der Waals surface area (Å²) in [6.45, 7) is 3.08. The average Bonchev–Trinajstić information content (AvgIpc) is 3.14. The summed E-state index contributed by atoms with van der Waals surface area (Å²) in [6, 6.07) is 11.0. The Bertz CT molecular complexity index is 757. The molecule has 0 aliphatic rings. The number of nitrogens with zero attached hydrogens (tertiary/aromatic N) is 1. The second-order valence-corrected chi connectivity index (χ2v) is 7.12. The maximum atomic E-state index is 10.1. The number of aromatic nitrogens is 1. The van der Waals surface area contributed by atoms with E-state index in [0.717, 1.165) is 31.4 Å². The van der Waals surface area contributed by atoms with Crippen molar-refractivity contribution >= 4 is 22.1 Å². The van der Waals surface area contributed by atoms with Gasteiger partial charge in [-0.1, -0.05) is 12.1 Å². The Morgan fingerprint density at radius 1 is 1.17 bits per heavy atom. The van der Waals surface area contributed by atoms with Crippen LogP contribution in [0.5, 0.6) is 0 Å². The summed E-state index contributed by atoms with van der Waals surface area (Å²) in [4.78, 5) is 4.15. The van der Waals surface area contributed by atoms with Crippen LogP contribution >= 0.6 is 11.3 Å². The van der Waals surface area contributed by atoms with Crippen molar-refractivity contribution in [3.05, 3.63) is 64.6 Å². The Balaban J connectivity index is 1.42. The molecule has 0 aliphatic heterocycles. The second-order valence-electron chi connectivity index (χ2n) is 6.34. The summed E-state index contributed by atoms with van der Waals surface area (Å²) in [6.07, 6.45) is 6.33. The van der Waals surface area contributed by atoms with Crippen LogP contribution in [-0.2, 0) is 6.54 Å². The molecule has 3 aromatic rings. The summed E-state index contributed by atoms with van der Waals surface area (Å²) in [5, 5.41) is 20.1. The molecule has 24 heavy (non-hydrogen) atoms. The first-order valence-corrected chi connectivity index (χ1v) is 9.43. The molecule has 3 nitrogen and oxygen atoms in total. The lowest BCUT2D eigenvalue weighted by Crippen LogP contribution is -2.25. The number of nitrogens with one attached hydrogen (secondary N) is 1. The quantitative estimate of drug-likeness (QED) is 0.626. The summed E-state index contributed by atoms with van der Waals surface area (Å²) in [7, 11) is 0. The zero-order chi connectivity index (χ0) is 16.8. The first kappa shape index (κ1) is 17.1. The van der Waals surface area contributed by atoms with Crippen LogP contribution in [0.2, 0.25) is 0 Å². The van der Waals surface area contributed by atoms with Crippen molar-refractivity contribution in [1.29, 1.82) is 0 Å². The predicted octanol–water partition coefficient (Wildman–Crippen LogP) is 4.68. The maximum Gasteiger partial charge on any atom is 0.0798 e. The van der Waals surface area contributed by atoms with Crippen molar-refractivity contribution in [3.63, 3.8) is 0 Å². The fourth-order valence-electron chi connectivity index (χ4n) is 2.89. The summed E-state index contributed by atoms with van der Waals surface area (Å²) in [5.74, 6) is 0. The highest BCUT2D eigenvalue weighted by Crippen LogP contribution is 2.21. The zero-order valence-electron chi connectivity index (χ0n) is 14.0. The van der Waals surface area contributed by atoms with E-state index in [9.17, 15) is 5.11 Å². The first-order valence-electron chi connectivity index (χ1n) is 8.48. The molecule has 0 radical (unpaired) electrons. The number of fused-ring (bicyclic) bond motifs is 1. The minimum absolute atomic E-state index is 0.322. The van der Waals surface area contributed by atoms with Crippen LogP contribution < -0.4 is 5.32 Å². The molecule has 4 heteroatoms. The second kappa shape index (κ2) is 8.38. The average molecular weight is 340 g/mol. The topological polar surface area (TPSA) is 45.1 Å². The number of rotatable bonds is 8. The van der Waals surface area contributed by atoms with Gasteiger partial charge in [-0.05, 0) is 71.7 Å². The van der Waals surface area contributed by atoms with E-state index in [2.05, 4.69) is 35.4 Å². The molecule has 126 valence electrons. The SMILES string of the molecule is C[C@H](CCC[C@@H](O)c1ccsc1)NCc1ccc2cnccc2c1. The van der Waals surface area contributed by atoms with Crippen molar-refractivity contribution in [2.24, 2.45) is 0 Å². The van der Waals surface area contributed by atoms with Crippen molar-refractivity contribution in [3.8, 4) is 0 Å². The number of hydrogen-bond acceptors (Lipinski definition) is 4. The maximum absolute atomic E-state index is 10.1. The Morgan fingerprint density at radius 3 is 2.92 bits per heavy atom. The fourth-order valence-corrected chi connectivity index (χ4v) is 3.59. The standard InChI is InChI=1S/C20H24N2OS/c1-15(3-2-4-20(23)19-8-10-24-14-19)22-12-16-5-6-18-13-21-9-7-17(18)11-16/h5-11,13-15,20,22-23H,2-4,12H2,1H3/t15-,20-/m1/s1. The van der Waals surface area contributed by atoms with Crippen LogP contribution in [0.4, 0.5) is 0 Å². The molecule has 0 fully saturated rings. The number of aliphatic hydroxyl groups is 1. The van der Waals surface area contributed by atoms with Crippen LogP contribution in [0.25, 0.3) is 10.8 Å². The van der Waals surface area contributed by atoms with Gasteiger partial charge in [-0.15, -0.1) is 0 Å². The van der Waals surface area contributed by atoms with E-state index >= 15 is 0 Å². The van der Waals surface area contributed by atoms with E-state index in [1.54, 1.807) is 11.3 Å². The molecule has 0 amide bonds.